The van der Waals surface area contributed by atoms with Crippen LogP contribution in [0.5, 0.6) is 0 Å². The van der Waals surface area contributed by atoms with Crippen molar-refractivity contribution in [2.45, 2.75) is 58.9 Å². The van der Waals surface area contributed by atoms with Crippen LogP contribution in [0.15, 0.2) is 6.20 Å². The molecule has 2 rings (SSSR count). The first kappa shape index (κ1) is 15.7. The van der Waals surface area contributed by atoms with Gasteiger partial charge in [-0.05, 0) is 32.6 Å². The number of ether oxygens (including phenoxy) is 1. The molecular weight excluding hydrogens is 266 g/mol. The molecule has 2 unspecified atom stereocenters. The lowest BCUT2D eigenvalue weighted by Gasteiger charge is -2.31. The summed E-state index contributed by atoms with van der Waals surface area (Å²) < 4.78 is 4.99. The van der Waals surface area contributed by atoms with E-state index in [2.05, 4.69) is 22.2 Å². The van der Waals surface area contributed by atoms with E-state index in [4.69, 9.17) is 4.74 Å². The fourth-order valence-corrected chi connectivity index (χ4v) is 3.00. The van der Waals surface area contributed by atoms with Crippen molar-refractivity contribution >= 4 is 11.9 Å². The third-order valence-corrected chi connectivity index (χ3v) is 4.22. The van der Waals surface area contributed by atoms with E-state index in [9.17, 15) is 4.79 Å². The quantitative estimate of drug-likeness (QED) is 0.843. The van der Waals surface area contributed by atoms with Gasteiger partial charge >= 0.3 is 5.97 Å². The molecule has 1 fully saturated rings. The zero-order valence-electron chi connectivity index (χ0n) is 13.2. The fraction of sp³-hybridized carbons (Fsp3) is 0.688. The first-order valence-corrected chi connectivity index (χ1v) is 7.93. The molecule has 116 valence electrons. The second-order valence-corrected chi connectivity index (χ2v) is 5.62. The number of esters is 1. The van der Waals surface area contributed by atoms with Gasteiger partial charge < -0.3 is 10.1 Å². The van der Waals surface area contributed by atoms with E-state index >= 15 is 0 Å². The number of rotatable bonds is 5. The molecule has 1 aliphatic rings. The molecule has 0 radical (unpaired) electrons. The van der Waals surface area contributed by atoms with E-state index < -0.39 is 0 Å². The molecule has 1 heterocycles. The molecule has 1 N–H and O–H groups in total. The van der Waals surface area contributed by atoms with Crippen LogP contribution < -0.4 is 5.32 Å². The minimum absolute atomic E-state index is 0.356. The Morgan fingerprint density at radius 3 is 2.81 bits per heavy atom. The normalized spacial score (nSPS) is 21.9. The standard InChI is InChI=1S/C16H25N3O2/c1-4-12-8-6-7-9-14(12)19-16-17-10-13(11(3)18-16)15(20)21-5-2/h10,12,14H,4-9H2,1-3H3,(H,17,18,19). The van der Waals surface area contributed by atoms with Gasteiger partial charge in [0.2, 0.25) is 5.95 Å². The van der Waals surface area contributed by atoms with E-state index in [1.807, 2.05) is 6.92 Å². The Morgan fingerprint density at radius 2 is 2.14 bits per heavy atom. The summed E-state index contributed by atoms with van der Waals surface area (Å²) in [5, 5.41) is 3.45. The largest absolute Gasteiger partial charge is 0.462 e. The summed E-state index contributed by atoms with van der Waals surface area (Å²) in [7, 11) is 0. The van der Waals surface area contributed by atoms with Crippen LogP contribution in [0.3, 0.4) is 0 Å². The van der Waals surface area contributed by atoms with Crippen molar-refractivity contribution in [3.8, 4) is 0 Å². The lowest BCUT2D eigenvalue weighted by molar-refractivity contribution is 0.0524. The molecule has 21 heavy (non-hydrogen) atoms. The van der Waals surface area contributed by atoms with Crippen LogP contribution in [-0.4, -0.2) is 28.6 Å². The average molecular weight is 291 g/mol. The molecule has 2 atom stereocenters. The summed E-state index contributed by atoms with van der Waals surface area (Å²) in [5.41, 5.74) is 1.10. The monoisotopic (exact) mass is 291 g/mol. The van der Waals surface area contributed by atoms with Gasteiger partial charge in [-0.2, -0.15) is 0 Å². The van der Waals surface area contributed by atoms with Crippen molar-refractivity contribution in [3.05, 3.63) is 17.5 Å². The lowest BCUT2D eigenvalue weighted by atomic mass is 9.83. The molecule has 0 aliphatic heterocycles. The number of hydrogen-bond acceptors (Lipinski definition) is 5. The minimum atomic E-state index is -0.356. The molecule has 0 saturated heterocycles. The van der Waals surface area contributed by atoms with Gasteiger partial charge in [0.25, 0.3) is 0 Å². The first-order valence-electron chi connectivity index (χ1n) is 7.93. The van der Waals surface area contributed by atoms with Crippen LogP contribution >= 0.6 is 0 Å². The number of aromatic nitrogens is 2. The Balaban J connectivity index is 2.07. The maximum atomic E-state index is 11.7. The summed E-state index contributed by atoms with van der Waals surface area (Å²) in [6, 6.07) is 0.441. The highest BCUT2D eigenvalue weighted by Crippen LogP contribution is 2.28. The highest BCUT2D eigenvalue weighted by atomic mass is 16.5. The Kier molecular flexibility index (Phi) is 5.53. The second kappa shape index (κ2) is 7.38. The van der Waals surface area contributed by atoms with Crippen LogP contribution in [0.1, 0.15) is 62.0 Å². The average Bonchev–Trinajstić information content (AvgIpc) is 2.48. The number of anilines is 1. The number of aryl methyl sites for hydroxylation is 1. The Labute approximate surface area is 126 Å². The summed E-state index contributed by atoms with van der Waals surface area (Å²) in [5.74, 6) is 0.948. The van der Waals surface area contributed by atoms with Crippen LogP contribution in [0.2, 0.25) is 0 Å². The summed E-state index contributed by atoms with van der Waals surface area (Å²) in [4.78, 5) is 20.4. The number of nitrogens with one attached hydrogen (secondary N) is 1. The van der Waals surface area contributed by atoms with Crippen LogP contribution in [0.4, 0.5) is 5.95 Å². The van der Waals surface area contributed by atoms with E-state index in [1.54, 1.807) is 13.1 Å². The zero-order chi connectivity index (χ0) is 15.2. The Bertz CT molecular complexity index is 490. The van der Waals surface area contributed by atoms with Crippen molar-refractivity contribution in [1.82, 2.24) is 9.97 Å². The fourth-order valence-electron chi connectivity index (χ4n) is 3.00. The van der Waals surface area contributed by atoms with Gasteiger partial charge in [-0.25, -0.2) is 14.8 Å². The van der Waals surface area contributed by atoms with Crippen molar-refractivity contribution in [3.63, 3.8) is 0 Å². The molecule has 0 amide bonds. The second-order valence-electron chi connectivity index (χ2n) is 5.62. The van der Waals surface area contributed by atoms with E-state index in [0.717, 1.165) is 0 Å². The summed E-state index contributed by atoms with van der Waals surface area (Å²) >= 11 is 0. The lowest BCUT2D eigenvalue weighted by Crippen LogP contribution is -2.32. The van der Waals surface area contributed by atoms with Gasteiger partial charge in [0, 0.05) is 12.2 Å². The molecule has 0 spiro atoms. The third-order valence-electron chi connectivity index (χ3n) is 4.22. The van der Waals surface area contributed by atoms with E-state index in [1.165, 1.54) is 32.1 Å². The third kappa shape index (κ3) is 3.93. The molecule has 1 saturated carbocycles. The number of carbonyl (C=O) groups excluding carboxylic acids is 1. The van der Waals surface area contributed by atoms with Crippen molar-refractivity contribution in [2.24, 2.45) is 5.92 Å². The summed E-state index contributed by atoms with van der Waals surface area (Å²) in [6.45, 7) is 6.20. The Hall–Kier alpha value is -1.65. The molecule has 5 heteroatoms. The highest BCUT2D eigenvalue weighted by molar-refractivity contribution is 5.90. The highest BCUT2D eigenvalue weighted by Gasteiger charge is 2.24. The summed E-state index contributed by atoms with van der Waals surface area (Å²) in [6.07, 6.45) is 7.75. The van der Waals surface area contributed by atoms with E-state index in [-0.39, 0.29) is 5.97 Å². The van der Waals surface area contributed by atoms with Crippen molar-refractivity contribution in [1.29, 1.82) is 0 Å². The molecule has 5 nitrogen and oxygen atoms in total. The molecule has 1 aliphatic carbocycles. The van der Waals surface area contributed by atoms with Crippen LogP contribution in [-0.2, 0) is 4.74 Å². The Morgan fingerprint density at radius 1 is 1.38 bits per heavy atom. The topological polar surface area (TPSA) is 64.1 Å². The van der Waals surface area contributed by atoms with Gasteiger partial charge in [0.05, 0.1) is 17.9 Å². The predicted octanol–water partition coefficient (Wildman–Crippen LogP) is 3.34. The smallest absolute Gasteiger partial charge is 0.341 e. The zero-order valence-corrected chi connectivity index (χ0v) is 13.2. The molecule has 1 aromatic rings. The first-order chi connectivity index (χ1) is 10.2. The van der Waals surface area contributed by atoms with Gasteiger partial charge in [0.1, 0.15) is 0 Å². The molecular formula is C16H25N3O2. The van der Waals surface area contributed by atoms with E-state index in [0.29, 0.717) is 35.8 Å². The molecule has 0 bridgehead atoms. The SMILES string of the molecule is CCOC(=O)c1cnc(NC2CCCCC2CC)nc1C. The van der Waals surface area contributed by atoms with Gasteiger partial charge in [-0.3, -0.25) is 0 Å². The van der Waals surface area contributed by atoms with Crippen molar-refractivity contribution in [2.75, 3.05) is 11.9 Å². The molecule has 1 aromatic heterocycles. The maximum absolute atomic E-state index is 11.7. The molecule has 0 aromatic carbocycles. The number of nitrogens with zero attached hydrogens (tertiary/aromatic N) is 2. The van der Waals surface area contributed by atoms with Gasteiger partial charge in [0.15, 0.2) is 0 Å². The van der Waals surface area contributed by atoms with Crippen molar-refractivity contribution < 1.29 is 9.53 Å². The van der Waals surface area contributed by atoms with Crippen LogP contribution in [0, 0.1) is 12.8 Å². The van der Waals surface area contributed by atoms with Crippen LogP contribution in [0.25, 0.3) is 0 Å². The van der Waals surface area contributed by atoms with Gasteiger partial charge in [-0.15, -0.1) is 0 Å². The minimum Gasteiger partial charge on any atom is -0.462 e. The van der Waals surface area contributed by atoms with Gasteiger partial charge in [-0.1, -0.05) is 26.2 Å². The number of hydrogen-bond donors (Lipinski definition) is 1. The predicted molar refractivity (Wildman–Crippen MR) is 82.4 cm³/mol. The maximum Gasteiger partial charge on any atom is 0.341 e. The number of carbonyl (C=O) groups is 1.